The smallest absolute Gasteiger partial charge is 0.311 e. The van der Waals surface area contributed by atoms with E-state index < -0.39 is 11.4 Å². The molecule has 1 fully saturated rings. The van der Waals surface area contributed by atoms with Crippen molar-refractivity contribution in [1.29, 1.82) is 0 Å². The molecule has 8 heteroatoms. The molecule has 18 heavy (non-hydrogen) atoms. The van der Waals surface area contributed by atoms with Crippen LogP contribution in [0.4, 0.5) is 0 Å². The van der Waals surface area contributed by atoms with Gasteiger partial charge in [0.2, 0.25) is 0 Å². The zero-order valence-electron chi connectivity index (χ0n) is 9.21. The molecule has 0 aliphatic heterocycles. The van der Waals surface area contributed by atoms with Crippen LogP contribution in [0.3, 0.4) is 0 Å². The minimum absolute atomic E-state index is 0.334. The SMILES string of the molecule is O=C(O)C1(Cn2nnnc2-c2ccc(Br)s2)CC1. The third kappa shape index (κ3) is 1.95. The Hall–Kier alpha value is -1.28. The summed E-state index contributed by atoms with van der Waals surface area (Å²) in [6, 6.07) is 3.83. The van der Waals surface area contributed by atoms with Gasteiger partial charge in [0, 0.05) is 0 Å². The molecule has 94 valence electrons. The van der Waals surface area contributed by atoms with E-state index in [4.69, 9.17) is 0 Å². The first-order valence-electron chi connectivity index (χ1n) is 5.36. The molecule has 0 atom stereocenters. The monoisotopic (exact) mass is 328 g/mol. The van der Waals surface area contributed by atoms with Crippen molar-refractivity contribution in [3.05, 3.63) is 15.9 Å². The fourth-order valence-electron chi connectivity index (χ4n) is 1.80. The number of carboxylic acid groups (broad SMARTS) is 1. The first-order chi connectivity index (χ1) is 8.61. The van der Waals surface area contributed by atoms with E-state index in [1.165, 1.54) is 11.3 Å². The molecule has 2 aromatic heterocycles. The lowest BCUT2D eigenvalue weighted by molar-refractivity contribution is -0.144. The predicted octanol–water partition coefficient (Wildman–Crippen LogP) is 2.03. The number of tetrazole rings is 1. The molecule has 6 nitrogen and oxygen atoms in total. The Morgan fingerprint density at radius 2 is 2.33 bits per heavy atom. The maximum absolute atomic E-state index is 11.2. The van der Waals surface area contributed by atoms with Crippen molar-refractivity contribution < 1.29 is 9.90 Å². The van der Waals surface area contributed by atoms with Gasteiger partial charge < -0.3 is 5.11 Å². The molecule has 0 bridgehead atoms. The van der Waals surface area contributed by atoms with Crippen LogP contribution in [0.5, 0.6) is 0 Å². The van der Waals surface area contributed by atoms with Crippen molar-refractivity contribution in [3.63, 3.8) is 0 Å². The summed E-state index contributed by atoms with van der Waals surface area (Å²) in [5, 5.41) is 20.7. The van der Waals surface area contributed by atoms with Crippen LogP contribution in [-0.2, 0) is 11.3 Å². The molecular formula is C10H9BrN4O2S. The molecule has 2 heterocycles. The number of hydrogen-bond acceptors (Lipinski definition) is 5. The standard InChI is InChI=1S/C10H9BrN4O2S/c11-7-2-1-6(18-7)8-12-13-14-15(8)5-10(3-4-10)9(16)17/h1-2H,3-5H2,(H,16,17). The number of halogens is 1. The van der Waals surface area contributed by atoms with Gasteiger partial charge in [-0.2, -0.15) is 0 Å². The average molecular weight is 329 g/mol. The Bertz CT molecular complexity index is 605. The predicted molar refractivity (Wildman–Crippen MR) is 68.1 cm³/mol. The Kier molecular flexibility index (Phi) is 2.70. The molecule has 0 aromatic carbocycles. The van der Waals surface area contributed by atoms with Gasteiger partial charge in [0.1, 0.15) is 0 Å². The number of aromatic nitrogens is 4. The number of aliphatic carboxylic acids is 1. The lowest BCUT2D eigenvalue weighted by atomic mass is 10.1. The van der Waals surface area contributed by atoms with Crippen LogP contribution in [0, 0.1) is 5.41 Å². The second kappa shape index (κ2) is 4.13. The van der Waals surface area contributed by atoms with Crippen molar-refractivity contribution in [1.82, 2.24) is 20.2 Å². The number of nitrogens with zero attached hydrogens (tertiary/aromatic N) is 4. The van der Waals surface area contributed by atoms with Crippen molar-refractivity contribution >= 4 is 33.2 Å². The summed E-state index contributed by atoms with van der Waals surface area (Å²) in [6.45, 7) is 0.334. The van der Waals surface area contributed by atoms with E-state index in [0.29, 0.717) is 25.2 Å². The molecule has 1 aliphatic carbocycles. The van der Waals surface area contributed by atoms with E-state index in [0.717, 1.165) is 8.66 Å². The molecule has 0 unspecified atom stereocenters. The van der Waals surface area contributed by atoms with E-state index in [1.807, 2.05) is 12.1 Å². The maximum Gasteiger partial charge on any atom is 0.311 e. The number of hydrogen-bond donors (Lipinski definition) is 1. The third-order valence-electron chi connectivity index (χ3n) is 3.09. The third-order valence-corrected chi connectivity index (χ3v) is 4.70. The summed E-state index contributed by atoms with van der Waals surface area (Å²) in [5.41, 5.74) is -0.668. The topological polar surface area (TPSA) is 80.9 Å². The maximum atomic E-state index is 11.2. The Morgan fingerprint density at radius 1 is 1.56 bits per heavy atom. The van der Waals surface area contributed by atoms with Gasteiger partial charge in [-0.15, -0.1) is 16.4 Å². The molecule has 1 saturated carbocycles. The van der Waals surface area contributed by atoms with Crippen molar-refractivity contribution in [2.75, 3.05) is 0 Å². The first-order valence-corrected chi connectivity index (χ1v) is 6.97. The summed E-state index contributed by atoms with van der Waals surface area (Å²) in [5.74, 6) is -0.144. The van der Waals surface area contributed by atoms with Gasteiger partial charge in [0.25, 0.3) is 0 Å². The van der Waals surface area contributed by atoms with Gasteiger partial charge in [-0.05, 0) is 51.3 Å². The van der Waals surface area contributed by atoms with E-state index in [1.54, 1.807) is 4.68 Å². The Balaban J connectivity index is 1.91. The molecule has 0 spiro atoms. The van der Waals surface area contributed by atoms with E-state index in [9.17, 15) is 9.90 Å². The Morgan fingerprint density at radius 3 is 2.89 bits per heavy atom. The fourth-order valence-corrected chi connectivity index (χ4v) is 3.17. The molecule has 0 radical (unpaired) electrons. The zero-order valence-corrected chi connectivity index (χ0v) is 11.6. The minimum Gasteiger partial charge on any atom is -0.481 e. The molecule has 0 amide bonds. The highest BCUT2D eigenvalue weighted by Crippen LogP contribution is 2.47. The quantitative estimate of drug-likeness (QED) is 0.928. The van der Waals surface area contributed by atoms with Crippen LogP contribution in [0.25, 0.3) is 10.7 Å². The highest BCUT2D eigenvalue weighted by Gasteiger charge is 2.51. The second-order valence-electron chi connectivity index (χ2n) is 4.35. The van der Waals surface area contributed by atoms with Crippen molar-refractivity contribution in [3.8, 4) is 10.7 Å². The molecule has 0 saturated heterocycles. The van der Waals surface area contributed by atoms with Crippen molar-refractivity contribution in [2.45, 2.75) is 19.4 Å². The summed E-state index contributed by atoms with van der Waals surface area (Å²) in [4.78, 5) is 12.1. The molecule has 1 aliphatic rings. The molecular weight excluding hydrogens is 320 g/mol. The van der Waals surface area contributed by atoms with Crippen LogP contribution in [0.1, 0.15) is 12.8 Å². The fraction of sp³-hybridized carbons (Fsp3) is 0.400. The van der Waals surface area contributed by atoms with Gasteiger partial charge >= 0.3 is 5.97 Å². The van der Waals surface area contributed by atoms with Gasteiger partial charge in [-0.25, -0.2) is 4.68 Å². The van der Waals surface area contributed by atoms with Gasteiger partial charge in [0.15, 0.2) is 5.82 Å². The van der Waals surface area contributed by atoms with Crippen LogP contribution >= 0.6 is 27.3 Å². The van der Waals surface area contributed by atoms with E-state index in [-0.39, 0.29) is 0 Å². The summed E-state index contributed by atoms with van der Waals surface area (Å²) in [7, 11) is 0. The van der Waals surface area contributed by atoms with Crippen molar-refractivity contribution in [2.24, 2.45) is 5.41 Å². The lowest BCUT2D eigenvalue weighted by Crippen LogP contribution is -2.22. The van der Waals surface area contributed by atoms with Crippen LogP contribution in [0.2, 0.25) is 0 Å². The summed E-state index contributed by atoms with van der Waals surface area (Å²) < 4.78 is 2.57. The number of rotatable bonds is 4. The van der Waals surface area contributed by atoms with Crippen LogP contribution in [0.15, 0.2) is 15.9 Å². The lowest BCUT2D eigenvalue weighted by Gasteiger charge is -2.09. The molecule has 2 aromatic rings. The van der Waals surface area contributed by atoms with Gasteiger partial charge in [-0.3, -0.25) is 4.79 Å². The second-order valence-corrected chi connectivity index (χ2v) is 6.81. The van der Waals surface area contributed by atoms with E-state index >= 15 is 0 Å². The first kappa shape index (κ1) is 11.8. The Labute approximate surface area is 115 Å². The zero-order chi connectivity index (χ0) is 12.8. The van der Waals surface area contributed by atoms with Crippen LogP contribution < -0.4 is 0 Å². The molecule has 1 N–H and O–H groups in total. The minimum atomic E-state index is -0.767. The molecule has 3 rings (SSSR count). The summed E-state index contributed by atoms with van der Waals surface area (Å²) >= 11 is 4.91. The van der Waals surface area contributed by atoms with Crippen LogP contribution in [-0.4, -0.2) is 31.3 Å². The van der Waals surface area contributed by atoms with Gasteiger partial charge in [0.05, 0.1) is 20.6 Å². The average Bonchev–Trinajstić information content (AvgIpc) is 2.76. The number of carboxylic acids is 1. The highest BCUT2D eigenvalue weighted by atomic mass is 79.9. The number of thiophene rings is 1. The summed E-state index contributed by atoms with van der Waals surface area (Å²) in [6.07, 6.45) is 1.38. The number of carbonyl (C=O) groups is 1. The highest BCUT2D eigenvalue weighted by molar-refractivity contribution is 9.11. The van der Waals surface area contributed by atoms with Gasteiger partial charge in [-0.1, -0.05) is 0 Å². The normalized spacial score (nSPS) is 16.7. The van der Waals surface area contributed by atoms with E-state index in [2.05, 4.69) is 31.5 Å². The largest absolute Gasteiger partial charge is 0.481 e.